The maximum atomic E-state index is 12.2. The minimum Gasteiger partial charge on any atom is -0.453 e. The Hall–Kier alpha value is -0.135. The van der Waals surface area contributed by atoms with Gasteiger partial charge in [0.1, 0.15) is 0 Å². The van der Waals surface area contributed by atoms with E-state index in [2.05, 4.69) is 0 Å². The highest BCUT2D eigenvalue weighted by molar-refractivity contribution is 6.73. The number of hydrogen-bond donors (Lipinski definition) is 0. The Balaban J connectivity index is 2.31. The number of unbranched alkanes of at least 4 members (excludes halogenated alkanes) is 9. The van der Waals surface area contributed by atoms with Crippen LogP contribution in [0.15, 0.2) is 0 Å². The summed E-state index contributed by atoms with van der Waals surface area (Å²) in [4.78, 5) is 0. The lowest BCUT2D eigenvalue weighted by atomic mass is 9.64. The molecule has 0 amide bonds. The molecule has 0 radical (unpaired) electrons. The van der Waals surface area contributed by atoms with E-state index in [0.29, 0.717) is 19.3 Å². The van der Waals surface area contributed by atoms with E-state index in [-0.39, 0.29) is 41.4 Å². The predicted molar refractivity (Wildman–Crippen MR) is 108 cm³/mol. The van der Waals surface area contributed by atoms with Crippen molar-refractivity contribution in [2.75, 3.05) is 20.0 Å². The van der Waals surface area contributed by atoms with Crippen molar-refractivity contribution in [3.05, 3.63) is 0 Å². The Labute approximate surface area is 164 Å². The molecule has 1 heterocycles. The van der Waals surface area contributed by atoms with Crippen molar-refractivity contribution in [2.24, 2.45) is 0 Å². The lowest BCUT2D eigenvalue weighted by Gasteiger charge is -2.31. The second-order valence-electron chi connectivity index (χ2n) is 7.37. The summed E-state index contributed by atoms with van der Waals surface area (Å²) in [6.45, 7) is -0.752. The van der Waals surface area contributed by atoms with Crippen LogP contribution in [0.2, 0.25) is 19.0 Å². The predicted octanol–water partition coefficient (Wildman–Crippen LogP) is 6.10. The van der Waals surface area contributed by atoms with E-state index >= 15 is 0 Å². The molecule has 1 aliphatic rings. The van der Waals surface area contributed by atoms with Gasteiger partial charge >= 0.3 is 21.4 Å². The molecule has 0 aromatic heterocycles. The SMILES string of the molecule is FCCCCCCB1OB(CCCCCCF)OB(CCCCCCF)O1. The van der Waals surface area contributed by atoms with Gasteiger partial charge in [0.15, 0.2) is 0 Å². The maximum Gasteiger partial charge on any atom is 0.429 e. The molecule has 0 aromatic rings. The van der Waals surface area contributed by atoms with E-state index in [1.807, 2.05) is 0 Å². The second kappa shape index (κ2) is 17.9. The van der Waals surface area contributed by atoms with E-state index in [4.69, 9.17) is 13.7 Å². The quantitative estimate of drug-likeness (QED) is 0.209. The fourth-order valence-electron chi connectivity index (χ4n) is 3.29. The van der Waals surface area contributed by atoms with Crippen LogP contribution in [0.3, 0.4) is 0 Å². The fraction of sp³-hybridized carbons (Fsp3) is 1.00. The van der Waals surface area contributed by atoms with Gasteiger partial charge < -0.3 is 13.7 Å². The van der Waals surface area contributed by atoms with Gasteiger partial charge in [0.25, 0.3) is 0 Å². The van der Waals surface area contributed by atoms with Crippen molar-refractivity contribution in [1.82, 2.24) is 0 Å². The minimum absolute atomic E-state index is 0.251. The molecule has 3 nitrogen and oxygen atoms in total. The average molecular weight is 390 g/mol. The van der Waals surface area contributed by atoms with Crippen LogP contribution in [-0.2, 0) is 13.7 Å². The zero-order valence-corrected chi connectivity index (χ0v) is 16.8. The van der Waals surface area contributed by atoms with E-state index in [0.717, 1.165) is 76.7 Å². The molecular weight excluding hydrogens is 354 g/mol. The molecule has 0 N–H and O–H groups in total. The topological polar surface area (TPSA) is 27.7 Å². The van der Waals surface area contributed by atoms with Gasteiger partial charge in [0, 0.05) is 0 Å². The summed E-state index contributed by atoms with van der Waals surface area (Å²) in [7, 11) is -0.803. The summed E-state index contributed by atoms with van der Waals surface area (Å²) in [6.07, 6.45) is 12.8. The first-order valence-electron chi connectivity index (χ1n) is 10.9. The molecule has 27 heavy (non-hydrogen) atoms. The standard InChI is InChI=1S/C18H36B3F3O3/c22-16-10-4-1-7-13-19-25-20(14-8-2-5-11-17-23)27-21(26-19)15-9-3-6-12-18-24/h1-18H2. The highest BCUT2D eigenvalue weighted by Crippen LogP contribution is 2.22. The molecule has 1 saturated heterocycles. The first-order chi connectivity index (χ1) is 13.3. The zero-order chi connectivity index (χ0) is 19.6. The van der Waals surface area contributed by atoms with Gasteiger partial charge in [-0.15, -0.1) is 0 Å². The first kappa shape index (κ1) is 24.9. The Morgan fingerprint density at radius 2 is 0.630 bits per heavy atom. The summed E-state index contributed by atoms with van der Waals surface area (Å²) >= 11 is 0. The summed E-state index contributed by atoms with van der Waals surface area (Å²) in [5, 5.41) is 0. The fourth-order valence-corrected chi connectivity index (χ4v) is 3.29. The molecule has 1 fully saturated rings. The van der Waals surface area contributed by atoms with Gasteiger partial charge in [-0.05, 0) is 38.2 Å². The van der Waals surface area contributed by atoms with Crippen LogP contribution < -0.4 is 0 Å². The number of alkyl halides is 3. The van der Waals surface area contributed by atoms with Gasteiger partial charge in [-0.3, -0.25) is 13.2 Å². The molecule has 0 spiro atoms. The van der Waals surface area contributed by atoms with Crippen molar-refractivity contribution < 1.29 is 26.9 Å². The Bertz CT molecular complexity index is 280. The molecule has 1 aliphatic heterocycles. The van der Waals surface area contributed by atoms with Crippen LogP contribution in [0.25, 0.3) is 0 Å². The highest BCUT2D eigenvalue weighted by Gasteiger charge is 2.39. The molecule has 0 saturated carbocycles. The van der Waals surface area contributed by atoms with Crippen molar-refractivity contribution in [3.63, 3.8) is 0 Å². The summed E-state index contributed by atoms with van der Waals surface area (Å²) in [6, 6.07) is 0. The molecule has 0 aromatic carbocycles. The Morgan fingerprint density at radius 3 is 0.889 bits per heavy atom. The number of halogens is 3. The van der Waals surface area contributed by atoms with Crippen molar-refractivity contribution >= 4 is 21.4 Å². The van der Waals surface area contributed by atoms with Crippen LogP contribution in [0.4, 0.5) is 13.2 Å². The maximum absolute atomic E-state index is 12.2. The lowest BCUT2D eigenvalue weighted by Crippen LogP contribution is -2.48. The molecule has 0 unspecified atom stereocenters. The second-order valence-corrected chi connectivity index (χ2v) is 7.37. The molecule has 0 bridgehead atoms. The zero-order valence-electron chi connectivity index (χ0n) is 16.8. The summed E-state index contributed by atoms with van der Waals surface area (Å²) < 4.78 is 54.3. The van der Waals surface area contributed by atoms with Gasteiger partial charge in [0.2, 0.25) is 0 Å². The number of rotatable bonds is 18. The minimum atomic E-state index is -0.268. The molecule has 0 atom stereocenters. The molecule has 1 rings (SSSR count). The highest BCUT2D eigenvalue weighted by atomic mass is 19.1. The van der Waals surface area contributed by atoms with Crippen molar-refractivity contribution in [3.8, 4) is 0 Å². The van der Waals surface area contributed by atoms with E-state index in [1.54, 1.807) is 0 Å². The smallest absolute Gasteiger partial charge is 0.429 e. The van der Waals surface area contributed by atoms with E-state index in [1.165, 1.54) is 0 Å². The Morgan fingerprint density at radius 1 is 0.370 bits per heavy atom. The van der Waals surface area contributed by atoms with Crippen LogP contribution in [0.5, 0.6) is 0 Å². The number of hydrogen-bond acceptors (Lipinski definition) is 3. The third kappa shape index (κ3) is 13.6. The van der Waals surface area contributed by atoms with Crippen LogP contribution in [-0.4, -0.2) is 41.4 Å². The molecule has 0 aliphatic carbocycles. The van der Waals surface area contributed by atoms with Crippen molar-refractivity contribution in [1.29, 1.82) is 0 Å². The third-order valence-corrected chi connectivity index (χ3v) is 4.88. The monoisotopic (exact) mass is 390 g/mol. The van der Waals surface area contributed by atoms with Gasteiger partial charge in [-0.25, -0.2) is 0 Å². The van der Waals surface area contributed by atoms with Gasteiger partial charge in [-0.1, -0.05) is 57.8 Å². The molecule has 9 heteroatoms. The van der Waals surface area contributed by atoms with E-state index in [9.17, 15) is 13.2 Å². The lowest BCUT2D eigenvalue weighted by molar-refractivity contribution is 0.275. The third-order valence-electron chi connectivity index (χ3n) is 4.88. The summed E-state index contributed by atoms with van der Waals surface area (Å²) in [5.41, 5.74) is 0. The van der Waals surface area contributed by atoms with Gasteiger partial charge in [0.05, 0.1) is 20.0 Å². The summed E-state index contributed by atoms with van der Waals surface area (Å²) in [5.74, 6) is 0. The van der Waals surface area contributed by atoms with Crippen LogP contribution in [0, 0.1) is 0 Å². The van der Waals surface area contributed by atoms with Crippen molar-refractivity contribution in [2.45, 2.75) is 96.0 Å². The Kier molecular flexibility index (Phi) is 16.5. The molecular formula is C18H36B3F3O3. The van der Waals surface area contributed by atoms with Crippen LogP contribution in [0.1, 0.15) is 77.0 Å². The normalized spacial score (nSPS) is 15.0. The van der Waals surface area contributed by atoms with Crippen LogP contribution >= 0.6 is 0 Å². The first-order valence-corrected chi connectivity index (χ1v) is 10.9. The molecule has 156 valence electrons. The average Bonchev–Trinajstić information content (AvgIpc) is 2.67. The van der Waals surface area contributed by atoms with Gasteiger partial charge in [-0.2, -0.15) is 0 Å². The van der Waals surface area contributed by atoms with E-state index < -0.39 is 0 Å². The largest absolute Gasteiger partial charge is 0.453 e.